The molecule has 182 valence electrons. The van der Waals surface area contributed by atoms with E-state index in [1.165, 1.54) is 0 Å². The van der Waals surface area contributed by atoms with Crippen LogP contribution in [0.1, 0.15) is 20.7 Å². The Morgan fingerprint density at radius 2 is 0.789 bits per heavy atom. The van der Waals surface area contributed by atoms with Gasteiger partial charge >= 0.3 is 11.9 Å². The zero-order chi connectivity index (χ0) is 26.2. The molecule has 0 radical (unpaired) electrons. The zero-order valence-corrected chi connectivity index (χ0v) is 20.3. The van der Waals surface area contributed by atoms with Crippen molar-refractivity contribution in [2.45, 2.75) is 0 Å². The number of carboxylic acid groups (broad SMARTS) is 2. The largest absolute Gasteiger partial charge is 0.478 e. The van der Waals surface area contributed by atoms with E-state index in [-0.39, 0.29) is 11.1 Å². The molecular formula is C34H22O4. The highest BCUT2D eigenvalue weighted by molar-refractivity contribution is 6.07. The lowest BCUT2D eigenvalue weighted by Gasteiger charge is -2.18. The molecule has 6 rings (SSSR count). The zero-order valence-electron chi connectivity index (χ0n) is 20.3. The Bertz CT molecular complexity index is 1730. The Hall–Kier alpha value is -5.22. The average Bonchev–Trinajstić information content (AvgIpc) is 2.96. The number of aromatic carboxylic acids is 2. The number of hydrogen-bond donors (Lipinski definition) is 2. The number of benzene rings is 6. The highest BCUT2D eigenvalue weighted by Crippen LogP contribution is 2.42. The summed E-state index contributed by atoms with van der Waals surface area (Å²) < 4.78 is 0. The van der Waals surface area contributed by atoms with Crippen LogP contribution in [0.4, 0.5) is 0 Å². The van der Waals surface area contributed by atoms with E-state index < -0.39 is 11.9 Å². The molecular weight excluding hydrogens is 472 g/mol. The molecule has 0 atom stereocenters. The molecule has 0 saturated carbocycles. The van der Waals surface area contributed by atoms with Crippen LogP contribution >= 0.6 is 0 Å². The van der Waals surface area contributed by atoms with Crippen molar-refractivity contribution in [3.8, 4) is 33.4 Å². The lowest BCUT2D eigenvalue weighted by atomic mass is 9.85. The monoisotopic (exact) mass is 494 g/mol. The Balaban J connectivity index is 1.70. The molecule has 0 amide bonds. The maximum atomic E-state index is 12.0. The van der Waals surface area contributed by atoms with Crippen molar-refractivity contribution in [1.82, 2.24) is 0 Å². The summed E-state index contributed by atoms with van der Waals surface area (Å²) in [5.74, 6) is -2.01. The van der Waals surface area contributed by atoms with Crippen LogP contribution in [-0.2, 0) is 0 Å². The molecule has 0 bridgehead atoms. The number of hydrogen-bond acceptors (Lipinski definition) is 2. The molecule has 0 spiro atoms. The van der Waals surface area contributed by atoms with Gasteiger partial charge in [-0.15, -0.1) is 0 Å². The Morgan fingerprint density at radius 3 is 1.21 bits per heavy atom. The first-order valence-electron chi connectivity index (χ1n) is 12.2. The normalized spacial score (nSPS) is 11.1. The van der Waals surface area contributed by atoms with E-state index in [1.54, 1.807) is 24.3 Å². The summed E-state index contributed by atoms with van der Waals surface area (Å²) in [6, 6.07) is 38.3. The van der Waals surface area contributed by atoms with Crippen molar-refractivity contribution in [1.29, 1.82) is 0 Å². The van der Waals surface area contributed by atoms with Crippen molar-refractivity contribution < 1.29 is 19.8 Å². The minimum Gasteiger partial charge on any atom is -0.478 e. The van der Waals surface area contributed by atoms with Gasteiger partial charge in [0, 0.05) is 0 Å². The molecule has 0 aliphatic rings. The van der Waals surface area contributed by atoms with E-state index in [4.69, 9.17) is 0 Å². The van der Waals surface area contributed by atoms with Gasteiger partial charge in [-0.05, 0) is 79.2 Å². The summed E-state index contributed by atoms with van der Waals surface area (Å²) in [4.78, 5) is 24.0. The summed E-state index contributed by atoms with van der Waals surface area (Å²) in [5, 5.41) is 23.7. The molecule has 0 aromatic heterocycles. The van der Waals surface area contributed by atoms with Crippen molar-refractivity contribution in [3.05, 3.63) is 132 Å². The maximum absolute atomic E-state index is 12.0. The molecule has 38 heavy (non-hydrogen) atoms. The van der Waals surface area contributed by atoms with Gasteiger partial charge in [0.25, 0.3) is 0 Å². The van der Waals surface area contributed by atoms with Crippen LogP contribution in [0.5, 0.6) is 0 Å². The van der Waals surface area contributed by atoms with Crippen LogP contribution in [0.15, 0.2) is 121 Å². The van der Waals surface area contributed by atoms with E-state index in [2.05, 4.69) is 0 Å². The highest BCUT2D eigenvalue weighted by atomic mass is 16.4. The highest BCUT2D eigenvalue weighted by Gasteiger charge is 2.19. The van der Waals surface area contributed by atoms with Gasteiger partial charge < -0.3 is 10.2 Å². The molecule has 0 heterocycles. The molecule has 0 aliphatic carbocycles. The summed E-state index contributed by atoms with van der Waals surface area (Å²) in [7, 11) is 0. The quantitative estimate of drug-likeness (QED) is 0.252. The maximum Gasteiger partial charge on any atom is 0.335 e. The smallest absolute Gasteiger partial charge is 0.335 e. The molecule has 0 fully saturated rings. The Labute approximate surface area is 219 Å². The fourth-order valence-corrected chi connectivity index (χ4v) is 5.19. The van der Waals surface area contributed by atoms with E-state index >= 15 is 0 Å². The molecule has 6 aromatic rings. The van der Waals surface area contributed by atoms with Crippen molar-refractivity contribution in [3.63, 3.8) is 0 Å². The third-order valence-electron chi connectivity index (χ3n) is 6.98. The van der Waals surface area contributed by atoms with Gasteiger partial charge in [0.05, 0.1) is 11.1 Å². The molecule has 0 saturated heterocycles. The van der Waals surface area contributed by atoms with Crippen LogP contribution in [0.2, 0.25) is 0 Å². The third-order valence-corrected chi connectivity index (χ3v) is 6.98. The molecule has 6 aromatic carbocycles. The second-order valence-electron chi connectivity index (χ2n) is 9.18. The summed E-state index contributed by atoms with van der Waals surface area (Å²) in [5.41, 5.74) is 5.38. The minimum absolute atomic E-state index is 0.186. The van der Waals surface area contributed by atoms with E-state index in [0.29, 0.717) is 0 Å². The van der Waals surface area contributed by atoms with E-state index in [9.17, 15) is 19.8 Å². The van der Waals surface area contributed by atoms with Gasteiger partial charge in [0.15, 0.2) is 0 Å². The first kappa shape index (κ1) is 23.2. The lowest BCUT2D eigenvalue weighted by molar-refractivity contribution is 0.0686. The fourth-order valence-electron chi connectivity index (χ4n) is 5.19. The predicted octanol–water partition coefficient (Wildman–Crippen LogP) is 8.39. The third kappa shape index (κ3) is 3.98. The topological polar surface area (TPSA) is 74.6 Å². The van der Waals surface area contributed by atoms with Crippen LogP contribution in [0.3, 0.4) is 0 Å². The van der Waals surface area contributed by atoms with Crippen LogP contribution in [0.25, 0.3) is 54.9 Å². The van der Waals surface area contributed by atoms with Crippen LogP contribution in [-0.4, -0.2) is 22.2 Å². The molecule has 4 nitrogen and oxygen atoms in total. The summed E-state index contributed by atoms with van der Waals surface area (Å²) >= 11 is 0. The second kappa shape index (κ2) is 9.34. The standard InChI is InChI=1S/C34H22O4/c35-33(36)23-15-17-29(31(19-23)27-13-5-9-21-7-1-3-11-25(21)27)30-18-16-24(34(37)38)20-32(30)28-14-6-10-22-8-2-4-12-26(22)28/h1-20H,(H,35,36)(H,37,38). The number of fused-ring (bicyclic) bond motifs is 2. The second-order valence-corrected chi connectivity index (χ2v) is 9.18. The van der Waals surface area contributed by atoms with Gasteiger partial charge in [0.2, 0.25) is 0 Å². The van der Waals surface area contributed by atoms with Gasteiger partial charge in [-0.2, -0.15) is 0 Å². The SMILES string of the molecule is O=C(O)c1ccc(-c2ccc(C(=O)O)cc2-c2cccc3ccccc23)c(-c2cccc3ccccc23)c1. The number of rotatable bonds is 5. The lowest BCUT2D eigenvalue weighted by Crippen LogP contribution is -2.00. The van der Waals surface area contributed by atoms with Crippen molar-refractivity contribution in [2.75, 3.05) is 0 Å². The summed E-state index contributed by atoms with van der Waals surface area (Å²) in [6.07, 6.45) is 0. The molecule has 0 aliphatic heterocycles. The van der Waals surface area contributed by atoms with Gasteiger partial charge in [-0.1, -0.05) is 97.1 Å². The van der Waals surface area contributed by atoms with Gasteiger partial charge in [0.1, 0.15) is 0 Å². The molecule has 2 N–H and O–H groups in total. The Morgan fingerprint density at radius 1 is 0.395 bits per heavy atom. The molecule has 0 unspecified atom stereocenters. The van der Waals surface area contributed by atoms with Crippen LogP contribution in [0, 0.1) is 0 Å². The average molecular weight is 495 g/mol. The predicted molar refractivity (Wildman–Crippen MR) is 152 cm³/mol. The molecule has 4 heteroatoms. The minimum atomic E-state index is -1.01. The first-order chi connectivity index (χ1) is 18.5. The van der Waals surface area contributed by atoms with Crippen LogP contribution < -0.4 is 0 Å². The Kier molecular flexibility index (Phi) is 5.70. The fraction of sp³-hybridized carbons (Fsp3) is 0. The van der Waals surface area contributed by atoms with E-state index in [0.717, 1.165) is 54.9 Å². The van der Waals surface area contributed by atoms with Crippen molar-refractivity contribution in [2.24, 2.45) is 0 Å². The van der Waals surface area contributed by atoms with Crippen molar-refractivity contribution >= 4 is 33.5 Å². The van der Waals surface area contributed by atoms with E-state index in [1.807, 2.05) is 97.1 Å². The number of carboxylic acids is 2. The first-order valence-corrected chi connectivity index (χ1v) is 12.2. The van der Waals surface area contributed by atoms with Gasteiger partial charge in [-0.3, -0.25) is 0 Å². The number of carbonyl (C=O) groups is 2. The van der Waals surface area contributed by atoms with Gasteiger partial charge in [-0.25, -0.2) is 9.59 Å². The summed E-state index contributed by atoms with van der Waals surface area (Å²) in [6.45, 7) is 0.